The van der Waals surface area contributed by atoms with Gasteiger partial charge in [-0.15, -0.1) is 0 Å². The third-order valence-electron chi connectivity index (χ3n) is 1.39. The van der Waals surface area contributed by atoms with Crippen molar-refractivity contribution in [2.45, 2.75) is 33.2 Å². The lowest BCUT2D eigenvalue weighted by Crippen LogP contribution is -2.41. The normalized spacial score (nSPS) is 15.7. The Labute approximate surface area is 79.8 Å². The molecule has 0 aliphatic rings. The summed E-state index contributed by atoms with van der Waals surface area (Å²) in [6.45, 7) is 7.06. The lowest BCUT2D eigenvalue weighted by atomic mass is 10.5. The van der Waals surface area contributed by atoms with Gasteiger partial charge < -0.3 is 19.3 Å². The fourth-order valence-electron chi connectivity index (χ4n) is 0.843. The minimum absolute atomic E-state index is 0.0529. The fraction of sp³-hybridized carbons (Fsp3) is 1.00. The second-order valence-electron chi connectivity index (χ2n) is 2.63. The van der Waals surface area contributed by atoms with Crippen molar-refractivity contribution in [3.63, 3.8) is 0 Å². The zero-order valence-corrected chi connectivity index (χ0v) is 8.71. The molecular weight excluding hydrogens is 172 g/mol. The molecule has 0 fully saturated rings. The van der Waals surface area contributed by atoms with Gasteiger partial charge in [0, 0.05) is 13.2 Å². The van der Waals surface area contributed by atoms with Gasteiger partial charge in [-0.3, -0.25) is 0 Å². The van der Waals surface area contributed by atoms with E-state index in [1.54, 1.807) is 6.92 Å². The highest BCUT2D eigenvalue weighted by Gasteiger charge is 2.28. The summed E-state index contributed by atoms with van der Waals surface area (Å²) >= 11 is 0. The van der Waals surface area contributed by atoms with Crippen LogP contribution in [0.15, 0.2) is 0 Å². The maximum atomic E-state index is 9.70. The second-order valence-corrected chi connectivity index (χ2v) is 2.63. The molecule has 0 aromatic carbocycles. The van der Waals surface area contributed by atoms with Crippen LogP contribution < -0.4 is 0 Å². The van der Waals surface area contributed by atoms with Gasteiger partial charge in [0.2, 0.25) is 0 Å². The number of rotatable bonds is 8. The van der Waals surface area contributed by atoms with Gasteiger partial charge in [0.05, 0.1) is 6.61 Å². The van der Waals surface area contributed by atoms with E-state index in [0.717, 1.165) is 6.42 Å². The highest BCUT2D eigenvalue weighted by Crippen LogP contribution is 2.10. The Bertz CT molecular complexity index is 108. The molecule has 0 amide bonds. The molecule has 0 saturated carbocycles. The molecular formula is C9H20O4. The molecule has 0 aliphatic carbocycles. The van der Waals surface area contributed by atoms with Crippen molar-refractivity contribution in [2.24, 2.45) is 0 Å². The topological polar surface area (TPSA) is 47.9 Å². The van der Waals surface area contributed by atoms with Crippen LogP contribution >= 0.6 is 0 Å². The molecule has 0 aromatic rings. The minimum atomic E-state index is -1.57. The Morgan fingerprint density at radius 2 is 1.77 bits per heavy atom. The van der Waals surface area contributed by atoms with E-state index < -0.39 is 5.97 Å². The summed E-state index contributed by atoms with van der Waals surface area (Å²) in [5, 5.41) is 9.70. The van der Waals surface area contributed by atoms with Crippen LogP contribution in [0.5, 0.6) is 0 Å². The van der Waals surface area contributed by atoms with E-state index in [9.17, 15) is 5.11 Å². The van der Waals surface area contributed by atoms with Crippen molar-refractivity contribution >= 4 is 0 Å². The molecule has 0 radical (unpaired) electrons. The number of aliphatic hydroxyl groups is 1. The van der Waals surface area contributed by atoms with Crippen molar-refractivity contribution in [3.05, 3.63) is 0 Å². The minimum Gasteiger partial charge on any atom is -0.373 e. The average molecular weight is 192 g/mol. The van der Waals surface area contributed by atoms with Gasteiger partial charge in [-0.2, -0.15) is 0 Å². The van der Waals surface area contributed by atoms with E-state index in [2.05, 4.69) is 0 Å². The van der Waals surface area contributed by atoms with Crippen LogP contribution in [0.4, 0.5) is 0 Å². The summed E-state index contributed by atoms with van der Waals surface area (Å²) in [6, 6.07) is 0. The molecule has 1 unspecified atom stereocenters. The summed E-state index contributed by atoms with van der Waals surface area (Å²) < 4.78 is 15.2. The van der Waals surface area contributed by atoms with Crippen LogP contribution in [-0.4, -0.2) is 37.5 Å². The first-order chi connectivity index (χ1) is 6.18. The highest BCUT2D eigenvalue weighted by atomic mass is 16.8. The first-order valence-electron chi connectivity index (χ1n) is 4.76. The third-order valence-corrected chi connectivity index (χ3v) is 1.39. The predicted molar refractivity (Wildman–Crippen MR) is 49.3 cm³/mol. The summed E-state index contributed by atoms with van der Waals surface area (Å²) in [5.41, 5.74) is 0. The van der Waals surface area contributed by atoms with Crippen molar-refractivity contribution in [1.82, 2.24) is 0 Å². The molecule has 0 heterocycles. The molecule has 0 aliphatic heterocycles. The summed E-state index contributed by atoms with van der Waals surface area (Å²) in [7, 11) is 0. The van der Waals surface area contributed by atoms with Crippen molar-refractivity contribution < 1.29 is 19.3 Å². The summed E-state index contributed by atoms with van der Waals surface area (Å²) in [5.74, 6) is -1.57. The largest absolute Gasteiger partial charge is 0.373 e. The molecule has 4 heteroatoms. The molecule has 0 aromatic heterocycles. The van der Waals surface area contributed by atoms with Crippen LogP contribution in [0.2, 0.25) is 0 Å². The van der Waals surface area contributed by atoms with Gasteiger partial charge in [-0.1, -0.05) is 6.92 Å². The quantitative estimate of drug-likeness (QED) is 0.586. The highest BCUT2D eigenvalue weighted by molar-refractivity contribution is 4.51. The number of hydrogen-bond acceptors (Lipinski definition) is 4. The van der Waals surface area contributed by atoms with Crippen LogP contribution in [-0.2, 0) is 14.2 Å². The van der Waals surface area contributed by atoms with E-state index in [1.165, 1.54) is 0 Å². The predicted octanol–water partition coefficient (Wildman–Crippen LogP) is 1.13. The Morgan fingerprint density at radius 3 is 2.23 bits per heavy atom. The van der Waals surface area contributed by atoms with E-state index in [4.69, 9.17) is 14.2 Å². The summed E-state index contributed by atoms with van der Waals surface area (Å²) in [4.78, 5) is 0. The first kappa shape index (κ1) is 12.8. The van der Waals surface area contributed by atoms with Crippen molar-refractivity contribution in [1.29, 1.82) is 0 Å². The molecule has 0 bridgehead atoms. The van der Waals surface area contributed by atoms with Crippen LogP contribution in [0.1, 0.15) is 27.2 Å². The molecule has 0 saturated heterocycles. The molecule has 0 rings (SSSR count). The molecule has 13 heavy (non-hydrogen) atoms. The van der Waals surface area contributed by atoms with Crippen molar-refractivity contribution in [3.8, 4) is 0 Å². The second kappa shape index (κ2) is 7.26. The average Bonchev–Trinajstić information content (AvgIpc) is 2.12. The van der Waals surface area contributed by atoms with Gasteiger partial charge >= 0.3 is 5.97 Å². The lowest BCUT2D eigenvalue weighted by Gasteiger charge is -2.26. The molecule has 1 N–H and O–H groups in total. The van der Waals surface area contributed by atoms with Gasteiger partial charge in [0.1, 0.15) is 6.61 Å². The molecule has 1 atom stereocenters. The maximum Gasteiger partial charge on any atom is 0.305 e. The number of hydrogen-bond donors (Lipinski definition) is 1. The Balaban J connectivity index is 3.84. The van der Waals surface area contributed by atoms with E-state index in [0.29, 0.717) is 19.8 Å². The monoisotopic (exact) mass is 192 g/mol. The zero-order chi connectivity index (χ0) is 10.2. The van der Waals surface area contributed by atoms with Crippen LogP contribution in [0.25, 0.3) is 0 Å². The van der Waals surface area contributed by atoms with Gasteiger partial charge in [-0.05, 0) is 20.3 Å². The van der Waals surface area contributed by atoms with Crippen LogP contribution in [0, 0.1) is 0 Å². The number of ether oxygens (including phenoxy) is 3. The Hall–Kier alpha value is -0.160. The summed E-state index contributed by atoms with van der Waals surface area (Å²) in [6.07, 6.45) is 0.835. The smallest absolute Gasteiger partial charge is 0.305 e. The Kier molecular flexibility index (Phi) is 7.17. The van der Waals surface area contributed by atoms with Crippen molar-refractivity contribution in [2.75, 3.05) is 26.4 Å². The standard InChI is InChI=1S/C9H20O4/c1-4-7-13-9(10,12-6-3)8-11-5-2/h10H,4-8H2,1-3H3. The molecule has 4 nitrogen and oxygen atoms in total. The molecule has 0 spiro atoms. The maximum absolute atomic E-state index is 9.70. The third kappa shape index (κ3) is 5.99. The zero-order valence-electron chi connectivity index (χ0n) is 8.71. The first-order valence-corrected chi connectivity index (χ1v) is 4.76. The van der Waals surface area contributed by atoms with Gasteiger partial charge in [0.15, 0.2) is 0 Å². The van der Waals surface area contributed by atoms with Gasteiger partial charge in [-0.25, -0.2) is 0 Å². The Morgan fingerprint density at radius 1 is 1.08 bits per heavy atom. The van der Waals surface area contributed by atoms with Crippen LogP contribution in [0.3, 0.4) is 0 Å². The SMILES string of the molecule is CCCOC(O)(COCC)OCC. The van der Waals surface area contributed by atoms with E-state index in [-0.39, 0.29) is 6.61 Å². The fourth-order valence-corrected chi connectivity index (χ4v) is 0.843. The van der Waals surface area contributed by atoms with Gasteiger partial charge in [0.25, 0.3) is 0 Å². The molecule has 80 valence electrons. The van der Waals surface area contributed by atoms with E-state index >= 15 is 0 Å². The van der Waals surface area contributed by atoms with E-state index in [1.807, 2.05) is 13.8 Å². The lowest BCUT2D eigenvalue weighted by molar-refractivity contribution is -0.374.